The quantitative estimate of drug-likeness (QED) is 0.313. The number of carboxylic acid groups (broad SMARTS) is 1. The van der Waals surface area contributed by atoms with Gasteiger partial charge in [-0.2, -0.15) is 5.10 Å². The maximum atomic E-state index is 13.5. The molecule has 7 nitrogen and oxygen atoms in total. The molecule has 0 saturated heterocycles. The Bertz CT molecular complexity index is 1700. The van der Waals surface area contributed by atoms with Gasteiger partial charge in [-0.3, -0.25) is 9.48 Å². The normalized spacial score (nSPS) is 12.0. The topological polar surface area (TPSA) is 89.2 Å². The number of carbonyl (C=O) groups is 1. The maximum absolute atomic E-state index is 13.5. The molecule has 0 aliphatic heterocycles. The van der Waals surface area contributed by atoms with Crippen LogP contribution >= 0.6 is 0 Å². The monoisotopic (exact) mass is 492 g/mol. The van der Waals surface area contributed by atoms with Gasteiger partial charge in [0.1, 0.15) is 0 Å². The van der Waals surface area contributed by atoms with Crippen molar-refractivity contribution in [3.05, 3.63) is 106 Å². The number of aromatic nitrogens is 3. The van der Waals surface area contributed by atoms with Crippen molar-refractivity contribution >= 4 is 22.4 Å². The van der Waals surface area contributed by atoms with Crippen molar-refractivity contribution in [3.8, 4) is 22.4 Å². The number of para-hydroxylation sites is 1. The van der Waals surface area contributed by atoms with Crippen LogP contribution in [-0.2, 0) is 14.1 Å². The maximum Gasteiger partial charge on any atom is 0.337 e. The standard InChI is InChI=1S/C30H28N4O3/c1-18-13-24(19(2)32-27-8-6-5-7-23(27)30(36)37)25-15-28(34(4)29(35)26(25)14-18)21-11-9-20(10-12-21)22-16-31-33(3)17-22/h5-17,19,32H,1-4H3,(H,36,37)/t19-/m1/s1. The molecule has 2 heterocycles. The fraction of sp³-hybridized carbons (Fsp3) is 0.167. The van der Waals surface area contributed by atoms with Crippen molar-refractivity contribution in [3.63, 3.8) is 0 Å². The summed E-state index contributed by atoms with van der Waals surface area (Å²) in [5.41, 5.74) is 6.37. The van der Waals surface area contributed by atoms with Crippen LogP contribution in [0.4, 0.5) is 5.69 Å². The minimum atomic E-state index is -0.990. The second-order valence-electron chi connectivity index (χ2n) is 9.41. The lowest BCUT2D eigenvalue weighted by atomic mass is 9.95. The number of nitrogens with zero attached hydrogens (tertiary/aromatic N) is 3. The first-order chi connectivity index (χ1) is 17.7. The van der Waals surface area contributed by atoms with Crippen molar-refractivity contribution in [2.45, 2.75) is 19.9 Å². The molecule has 0 bridgehead atoms. The van der Waals surface area contributed by atoms with E-state index in [0.29, 0.717) is 11.1 Å². The fourth-order valence-electron chi connectivity index (χ4n) is 4.83. The van der Waals surface area contributed by atoms with Crippen molar-refractivity contribution in [1.82, 2.24) is 14.3 Å². The van der Waals surface area contributed by atoms with Crippen LogP contribution in [0.2, 0.25) is 0 Å². The van der Waals surface area contributed by atoms with Crippen LogP contribution < -0.4 is 10.9 Å². The predicted molar refractivity (Wildman–Crippen MR) is 147 cm³/mol. The molecule has 0 fully saturated rings. The largest absolute Gasteiger partial charge is 0.478 e. The van der Waals surface area contributed by atoms with Gasteiger partial charge in [0.15, 0.2) is 0 Å². The molecule has 5 rings (SSSR count). The summed E-state index contributed by atoms with van der Waals surface area (Å²) >= 11 is 0. The van der Waals surface area contributed by atoms with Gasteiger partial charge in [-0.25, -0.2) is 4.79 Å². The van der Waals surface area contributed by atoms with E-state index in [1.54, 1.807) is 40.6 Å². The molecule has 2 N–H and O–H groups in total. The SMILES string of the molecule is Cc1cc([C@@H](C)Nc2ccccc2C(=O)O)c2cc(-c3ccc(-c4cnn(C)c4)cc3)n(C)c(=O)c2c1. The summed E-state index contributed by atoms with van der Waals surface area (Å²) in [6.45, 7) is 3.94. The van der Waals surface area contributed by atoms with E-state index in [4.69, 9.17) is 0 Å². The summed E-state index contributed by atoms with van der Waals surface area (Å²) in [7, 11) is 3.68. The Hall–Kier alpha value is -4.65. The van der Waals surface area contributed by atoms with Crippen LogP contribution in [0.15, 0.2) is 83.9 Å². The van der Waals surface area contributed by atoms with E-state index in [-0.39, 0.29) is 17.2 Å². The number of aryl methyl sites for hydroxylation is 2. The zero-order valence-corrected chi connectivity index (χ0v) is 21.2. The summed E-state index contributed by atoms with van der Waals surface area (Å²) in [6.07, 6.45) is 3.79. The number of rotatable bonds is 6. The minimum absolute atomic E-state index is 0.0769. The Labute approximate surface area is 214 Å². The first kappa shape index (κ1) is 24.1. The number of anilines is 1. The molecule has 1 atom stereocenters. The molecule has 7 heteroatoms. The highest BCUT2D eigenvalue weighted by Crippen LogP contribution is 2.32. The van der Waals surface area contributed by atoms with E-state index in [9.17, 15) is 14.7 Å². The Balaban J connectivity index is 1.60. The molecule has 2 aromatic heterocycles. The highest BCUT2D eigenvalue weighted by Gasteiger charge is 2.18. The molecule has 0 radical (unpaired) electrons. The lowest BCUT2D eigenvalue weighted by Gasteiger charge is -2.21. The van der Waals surface area contributed by atoms with Gasteiger partial charge in [0, 0.05) is 43.0 Å². The molecule has 3 aromatic carbocycles. The molecule has 0 spiro atoms. The van der Waals surface area contributed by atoms with Crippen LogP contribution in [0.25, 0.3) is 33.2 Å². The van der Waals surface area contributed by atoms with Crippen LogP contribution in [0.1, 0.15) is 34.5 Å². The van der Waals surface area contributed by atoms with Gasteiger partial charge in [0.25, 0.3) is 5.56 Å². The summed E-state index contributed by atoms with van der Waals surface area (Å²) < 4.78 is 3.45. The number of pyridine rings is 1. The number of nitrogens with one attached hydrogen (secondary N) is 1. The van der Waals surface area contributed by atoms with Gasteiger partial charge >= 0.3 is 5.97 Å². The number of hydrogen-bond donors (Lipinski definition) is 2. The fourth-order valence-corrected chi connectivity index (χ4v) is 4.83. The second kappa shape index (κ2) is 9.43. The van der Waals surface area contributed by atoms with Crippen LogP contribution in [0.5, 0.6) is 0 Å². The lowest BCUT2D eigenvalue weighted by molar-refractivity contribution is 0.0698. The minimum Gasteiger partial charge on any atom is -0.478 e. The first-order valence-corrected chi connectivity index (χ1v) is 12.1. The number of fused-ring (bicyclic) bond motifs is 1. The summed E-state index contributed by atoms with van der Waals surface area (Å²) in [6, 6.07) is 20.7. The summed E-state index contributed by atoms with van der Waals surface area (Å²) in [4.78, 5) is 25.2. The molecule has 0 unspecified atom stereocenters. The molecule has 37 heavy (non-hydrogen) atoms. The van der Waals surface area contributed by atoms with E-state index >= 15 is 0 Å². The molecule has 186 valence electrons. The highest BCUT2D eigenvalue weighted by atomic mass is 16.4. The number of carboxylic acids is 1. The van der Waals surface area contributed by atoms with Crippen molar-refractivity contribution < 1.29 is 9.90 Å². The van der Waals surface area contributed by atoms with Gasteiger partial charge in [-0.1, -0.05) is 42.5 Å². The Morgan fingerprint density at radius 1 is 0.946 bits per heavy atom. The number of benzene rings is 3. The Morgan fingerprint density at radius 2 is 1.65 bits per heavy atom. The van der Waals surface area contributed by atoms with Crippen molar-refractivity contribution in [2.24, 2.45) is 14.1 Å². The van der Waals surface area contributed by atoms with Crippen LogP contribution in [0, 0.1) is 6.92 Å². The first-order valence-electron chi connectivity index (χ1n) is 12.1. The molecular weight excluding hydrogens is 464 g/mol. The third-order valence-electron chi connectivity index (χ3n) is 6.75. The molecule has 0 aliphatic carbocycles. The molecule has 0 amide bonds. The third kappa shape index (κ3) is 4.51. The Morgan fingerprint density at radius 3 is 2.32 bits per heavy atom. The number of hydrogen-bond acceptors (Lipinski definition) is 4. The molecular formula is C30H28N4O3. The van der Waals surface area contributed by atoms with Gasteiger partial charge < -0.3 is 15.0 Å². The Kier molecular flexibility index (Phi) is 6.13. The summed E-state index contributed by atoms with van der Waals surface area (Å²) in [5, 5.41) is 18.7. The predicted octanol–water partition coefficient (Wildman–Crippen LogP) is 5.79. The van der Waals surface area contributed by atoms with Gasteiger partial charge in [0.05, 0.1) is 17.5 Å². The molecule has 5 aromatic rings. The van der Waals surface area contributed by atoms with Crippen molar-refractivity contribution in [1.29, 1.82) is 0 Å². The van der Waals surface area contributed by atoms with E-state index in [1.807, 2.05) is 69.7 Å². The van der Waals surface area contributed by atoms with E-state index in [0.717, 1.165) is 38.9 Å². The van der Waals surface area contributed by atoms with E-state index < -0.39 is 5.97 Å². The zero-order chi connectivity index (χ0) is 26.3. The van der Waals surface area contributed by atoms with Gasteiger partial charge in [-0.05, 0) is 65.8 Å². The average Bonchev–Trinajstić information content (AvgIpc) is 3.32. The van der Waals surface area contributed by atoms with Gasteiger partial charge in [0.2, 0.25) is 0 Å². The second-order valence-corrected chi connectivity index (χ2v) is 9.41. The lowest BCUT2D eigenvalue weighted by Crippen LogP contribution is -2.20. The summed E-state index contributed by atoms with van der Waals surface area (Å²) in [5.74, 6) is -0.990. The average molecular weight is 493 g/mol. The number of aromatic carboxylic acids is 1. The smallest absolute Gasteiger partial charge is 0.337 e. The molecule has 0 aliphatic rings. The van der Waals surface area contributed by atoms with Crippen LogP contribution in [0.3, 0.4) is 0 Å². The highest BCUT2D eigenvalue weighted by molar-refractivity contribution is 5.94. The van der Waals surface area contributed by atoms with Crippen molar-refractivity contribution in [2.75, 3.05) is 5.32 Å². The zero-order valence-electron chi connectivity index (χ0n) is 21.2. The molecule has 0 saturated carbocycles. The third-order valence-corrected chi connectivity index (χ3v) is 6.75. The van der Waals surface area contributed by atoms with Crippen LogP contribution in [-0.4, -0.2) is 25.4 Å². The van der Waals surface area contributed by atoms with E-state index in [2.05, 4.69) is 16.5 Å². The van der Waals surface area contributed by atoms with E-state index in [1.165, 1.54) is 0 Å². The van der Waals surface area contributed by atoms with Gasteiger partial charge in [-0.15, -0.1) is 0 Å².